The summed E-state index contributed by atoms with van der Waals surface area (Å²) in [4.78, 5) is 4.01. The lowest BCUT2D eigenvalue weighted by Gasteiger charge is -2.18. The molecule has 0 aromatic carbocycles. The second kappa shape index (κ2) is 9.09. The molecular formula is C14H26N4O2S. The van der Waals surface area contributed by atoms with Crippen LogP contribution in [-0.2, 0) is 16.8 Å². The molecule has 120 valence electrons. The van der Waals surface area contributed by atoms with E-state index < -0.39 is 10.2 Å². The lowest BCUT2D eigenvalue weighted by molar-refractivity contribution is 0.444. The molecule has 0 saturated carbocycles. The molecule has 1 aromatic heterocycles. The zero-order valence-corrected chi connectivity index (χ0v) is 13.9. The van der Waals surface area contributed by atoms with E-state index in [1.165, 1.54) is 4.31 Å². The number of rotatable bonds is 10. The van der Waals surface area contributed by atoms with Gasteiger partial charge in [0.1, 0.15) is 0 Å². The highest BCUT2D eigenvalue weighted by Gasteiger charge is 2.16. The Balaban J connectivity index is 2.40. The Morgan fingerprint density at radius 3 is 2.76 bits per heavy atom. The van der Waals surface area contributed by atoms with Gasteiger partial charge in [-0.2, -0.15) is 17.4 Å². The zero-order valence-electron chi connectivity index (χ0n) is 13.1. The number of hydrogen-bond acceptors (Lipinski definition) is 4. The third-order valence-electron chi connectivity index (χ3n) is 3.26. The highest BCUT2D eigenvalue weighted by Crippen LogP contribution is 2.05. The molecule has 0 spiro atoms. The maximum absolute atomic E-state index is 12.1. The summed E-state index contributed by atoms with van der Waals surface area (Å²) in [7, 11) is -1.84. The minimum atomic E-state index is -3.44. The van der Waals surface area contributed by atoms with Gasteiger partial charge in [-0.15, -0.1) is 0 Å². The van der Waals surface area contributed by atoms with Crippen LogP contribution >= 0.6 is 0 Å². The Morgan fingerprint density at radius 2 is 2.10 bits per heavy atom. The molecule has 6 nitrogen and oxygen atoms in total. The average molecular weight is 314 g/mol. The van der Waals surface area contributed by atoms with E-state index in [-0.39, 0.29) is 6.54 Å². The number of hydrogen-bond donors (Lipinski definition) is 2. The van der Waals surface area contributed by atoms with Crippen LogP contribution in [0.4, 0.5) is 0 Å². The Bertz CT molecular complexity index is 519. The predicted octanol–water partition coefficient (Wildman–Crippen LogP) is 1.05. The minimum absolute atomic E-state index is 0.264. The maximum Gasteiger partial charge on any atom is 0.279 e. The molecule has 1 rings (SSSR count). The van der Waals surface area contributed by atoms with Gasteiger partial charge in [0.25, 0.3) is 10.2 Å². The van der Waals surface area contributed by atoms with Crippen LogP contribution in [0.15, 0.2) is 18.5 Å². The van der Waals surface area contributed by atoms with Crippen LogP contribution < -0.4 is 10.0 Å². The van der Waals surface area contributed by atoms with Crippen molar-refractivity contribution < 1.29 is 8.42 Å². The largest absolute Gasteiger partial charge is 0.317 e. The number of pyridine rings is 1. The summed E-state index contributed by atoms with van der Waals surface area (Å²) in [6.07, 6.45) is 5.26. The van der Waals surface area contributed by atoms with Gasteiger partial charge in [-0.1, -0.05) is 6.92 Å². The normalized spacial score (nSPS) is 12.0. The fraction of sp³-hybridized carbons (Fsp3) is 0.643. The van der Waals surface area contributed by atoms with Crippen molar-refractivity contribution in [1.29, 1.82) is 0 Å². The standard InChI is InChI=1S/C14H26N4O2S/c1-4-7-15-8-5-10-18(3)21(19,20)17-12-14-11-16-9-6-13(14)2/h6,9,11,15,17H,4-5,7-8,10,12H2,1-3H3. The molecule has 7 heteroatoms. The smallest absolute Gasteiger partial charge is 0.279 e. The molecule has 1 heterocycles. The molecule has 21 heavy (non-hydrogen) atoms. The Labute approximate surface area is 128 Å². The predicted molar refractivity (Wildman–Crippen MR) is 85.1 cm³/mol. The molecule has 0 aliphatic heterocycles. The van der Waals surface area contributed by atoms with Crippen molar-refractivity contribution >= 4 is 10.2 Å². The molecule has 0 atom stereocenters. The second-order valence-electron chi connectivity index (χ2n) is 5.05. The van der Waals surface area contributed by atoms with Crippen LogP contribution in [0.1, 0.15) is 30.9 Å². The minimum Gasteiger partial charge on any atom is -0.317 e. The van der Waals surface area contributed by atoms with E-state index in [1.807, 2.05) is 13.0 Å². The summed E-state index contributed by atoms with van der Waals surface area (Å²) >= 11 is 0. The highest BCUT2D eigenvalue weighted by atomic mass is 32.2. The molecule has 0 radical (unpaired) electrons. The first-order chi connectivity index (χ1) is 9.97. The van der Waals surface area contributed by atoms with Gasteiger partial charge >= 0.3 is 0 Å². The number of aryl methyl sites for hydroxylation is 1. The Morgan fingerprint density at radius 1 is 1.33 bits per heavy atom. The van der Waals surface area contributed by atoms with Crippen LogP contribution in [0.25, 0.3) is 0 Å². The van der Waals surface area contributed by atoms with Crippen molar-refractivity contribution in [2.24, 2.45) is 0 Å². The fourth-order valence-corrected chi connectivity index (χ4v) is 2.74. The van der Waals surface area contributed by atoms with Crippen molar-refractivity contribution in [3.63, 3.8) is 0 Å². The number of aromatic nitrogens is 1. The number of nitrogens with zero attached hydrogens (tertiary/aromatic N) is 2. The van der Waals surface area contributed by atoms with Crippen molar-refractivity contribution in [2.45, 2.75) is 33.2 Å². The van der Waals surface area contributed by atoms with E-state index in [0.29, 0.717) is 6.54 Å². The Hall–Kier alpha value is -1.02. The zero-order chi connectivity index (χ0) is 15.7. The van der Waals surface area contributed by atoms with Crippen LogP contribution in [0.5, 0.6) is 0 Å². The van der Waals surface area contributed by atoms with E-state index in [1.54, 1.807) is 19.4 Å². The van der Waals surface area contributed by atoms with Crippen LogP contribution in [0.2, 0.25) is 0 Å². The lowest BCUT2D eigenvalue weighted by atomic mass is 10.2. The first-order valence-corrected chi connectivity index (χ1v) is 8.72. The van der Waals surface area contributed by atoms with Crippen molar-refractivity contribution in [2.75, 3.05) is 26.7 Å². The molecule has 0 amide bonds. The first-order valence-electron chi connectivity index (χ1n) is 7.28. The molecule has 0 fully saturated rings. The topological polar surface area (TPSA) is 74.3 Å². The highest BCUT2D eigenvalue weighted by molar-refractivity contribution is 7.87. The maximum atomic E-state index is 12.1. The van der Waals surface area contributed by atoms with Gasteiger partial charge < -0.3 is 5.32 Å². The van der Waals surface area contributed by atoms with Gasteiger partial charge in [0.2, 0.25) is 0 Å². The first kappa shape index (κ1) is 18.0. The summed E-state index contributed by atoms with van der Waals surface area (Å²) < 4.78 is 28.2. The summed E-state index contributed by atoms with van der Waals surface area (Å²) in [6.45, 7) is 6.60. The monoisotopic (exact) mass is 314 g/mol. The quantitative estimate of drug-likeness (QED) is 0.633. The third kappa shape index (κ3) is 6.52. The van der Waals surface area contributed by atoms with Crippen molar-refractivity contribution in [1.82, 2.24) is 19.3 Å². The van der Waals surface area contributed by atoms with Gasteiger partial charge in [0.05, 0.1) is 0 Å². The van der Waals surface area contributed by atoms with Crippen LogP contribution in [0, 0.1) is 6.92 Å². The summed E-state index contributed by atoms with van der Waals surface area (Å²) in [5.41, 5.74) is 1.92. The summed E-state index contributed by atoms with van der Waals surface area (Å²) in [5, 5.41) is 3.26. The molecule has 0 bridgehead atoms. The van der Waals surface area contributed by atoms with Gasteiger partial charge in [0, 0.05) is 32.5 Å². The molecule has 1 aromatic rings. The second-order valence-corrected chi connectivity index (χ2v) is 6.92. The summed E-state index contributed by atoms with van der Waals surface area (Å²) in [6, 6.07) is 1.87. The van der Waals surface area contributed by atoms with E-state index in [4.69, 9.17) is 0 Å². The van der Waals surface area contributed by atoms with Crippen LogP contribution in [0.3, 0.4) is 0 Å². The average Bonchev–Trinajstić information content (AvgIpc) is 2.46. The van der Waals surface area contributed by atoms with E-state index >= 15 is 0 Å². The summed E-state index contributed by atoms with van der Waals surface area (Å²) in [5.74, 6) is 0. The molecule has 0 saturated heterocycles. The van der Waals surface area contributed by atoms with Gasteiger partial charge in [-0.25, -0.2) is 0 Å². The SMILES string of the molecule is CCCNCCCN(C)S(=O)(=O)NCc1cnccc1C. The van der Waals surface area contributed by atoms with Crippen LogP contribution in [-0.4, -0.2) is 44.4 Å². The molecule has 0 aliphatic carbocycles. The van der Waals surface area contributed by atoms with Gasteiger partial charge in [-0.3, -0.25) is 4.98 Å². The number of nitrogens with one attached hydrogen (secondary N) is 2. The van der Waals surface area contributed by atoms with Crippen molar-refractivity contribution in [3.05, 3.63) is 29.6 Å². The fourth-order valence-electron chi connectivity index (χ4n) is 1.81. The van der Waals surface area contributed by atoms with Gasteiger partial charge in [0.15, 0.2) is 0 Å². The van der Waals surface area contributed by atoms with Gasteiger partial charge in [-0.05, 0) is 50.0 Å². The van der Waals surface area contributed by atoms with E-state index in [0.717, 1.165) is 37.1 Å². The van der Waals surface area contributed by atoms with E-state index in [9.17, 15) is 8.42 Å². The van der Waals surface area contributed by atoms with Crippen molar-refractivity contribution in [3.8, 4) is 0 Å². The Kier molecular flexibility index (Phi) is 7.81. The molecule has 0 aliphatic rings. The lowest BCUT2D eigenvalue weighted by Crippen LogP contribution is -2.39. The molecule has 0 unspecified atom stereocenters. The molecular weight excluding hydrogens is 288 g/mol. The molecule has 2 N–H and O–H groups in total. The van der Waals surface area contributed by atoms with E-state index in [2.05, 4.69) is 21.9 Å². The third-order valence-corrected chi connectivity index (χ3v) is 4.77.